The number of allylic oxidation sites excluding steroid dienone is 1. The number of para-hydroxylation sites is 1. The number of aromatic nitrogens is 2. The normalized spacial score (nSPS) is 13.2. The molecule has 3 aromatic rings. The van der Waals surface area contributed by atoms with Gasteiger partial charge >= 0.3 is 0 Å². The highest BCUT2D eigenvalue weighted by atomic mass is 16.5. The Hall–Kier alpha value is -4.40. The minimum Gasteiger partial charge on any atom is -0.494 e. The van der Waals surface area contributed by atoms with Gasteiger partial charge in [-0.2, -0.15) is 4.98 Å². The fraction of sp³-hybridized carbons (Fsp3) is 0.286. The number of carbonyl (C=O) groups excluding carboxylic acids is 2. The number of benzene rings is 2. The first kappa shape index (κ1) is 25.7. The zero-order valence-electron chi connectivity index (χ0n) is 21.5. The zero-order chi connectivity index (χ0) is 26.4. The van der Waals surface area contributed by atoms with Crippen molar-refractivity contribution in [3.8, 4) is 5.75 Å². The molecule has 1 fully saturated rings. The minimum absolute atomic E-state index is 0.0488. The van der Waals surface area contributed by atoms with Gasteiger partial charge in [0.15, 0.2) is 5.78 Å². The fourth-order valence-corrected chi connectivity index (χ4v) is 4.19. The van der Waals surface area contributed by atoms with E-state index >= 15 is 0 Å². The van der Waals surface area contributed by atoms with E-state index < -0.39 is 0 Å². The van der Waals surface area contributed by atoms with E-state index in [0.717, 1.165) is 41.3 Å². The number of methoxy groups -OCH3 is 1. The molecule has 4 rings (SSSR count). The third-order valence-electron chi connectivity index (χ3n) is 6.36. The van der Waals surface area contributed by atoms with Gasteiger partial charge < -0.3 is 25.2 Å². The maximum Gasteiger partial charge on any atom is 0.229 e. The largest absolute Gasteiger partial charge is 0.494 e. The maximum absolute atomic E-state index is 11.9. The molecule has 2 N–H and O–H groups in total. The van der Waals surface area contributed by atoms with Crippen molar-refractivity contribution in [3.63, 3.8) is 0 Å². The van der Waals surface area contributed by atoms with E-state index in [-0.39, 0.29) is 18.1 Å². The lowest BCUT2D eigenvalue weighted by atomic mass is 10.1. The first-order valence-electron chi connectivity index (χ1n) is 12.2. The standard InChI is InChI=1S/C28H32N6O3/c1-5-23(36)16-21-8-6-7-9-24(21)30-27-19(2)18-29-28(32-27)31-25-11-10-22(17-26(25)37-4)34-14-12-33(13-15-34)20(3)35/h5-11,17-18H,1,12-16H2,2-4H3,(H2,29,30,31,32). The monoisotopic (exact) mass is 500 g/mol. The van der Waals surface area contributed by atoms with Crippen LogP contribution in [0.1, 0.15) is 18.1 Å². The molecule has 0 spiro atoms. The quantitative estimate of drug-likeness (QED) is 0.421. The summed E-state index contributed by atoms with van der Waals surface area (Å²) in [4.78, 5) is 36.8. The van der Waals surface area contributed by atoms with E-state index in [0.29, 0.717) is 30.6 Å². The summed E-state index contributed by atoms with van der Waals surface area (Å²) >= 11 is 0. The lowest BCUT2D eigenvalue weighted by Gasteiger charge is -2.35. The van der Waals surface area contributed by atoms with Gasteiger partial charge in [-0.3, -0.25) is 9.59 Å². The molecule has 1 saturated heterocycles. The van der Waals surface area contributed by atoms with E-state index in [2.05, 4.69) is 32.1 Å². The molecule has 0 aliphatic carbocycles. The van der Waals surface area contributed by atoms with Crippen LogP contribution in [0.2, 0.25) is 0 Å². The van der Waals surface area contributed by atoms with Gasteiger partial charge in [0.25, 0.3) is 0 Å². The van der Waals surface area contributed by atoms with Gasteiger partial charge in [-0.15, -0.1) is 0 Å². The highest BCUT2D eigenvalue weighted by Gasteiger charge is 2.20. The molecule has 2 aromatic carbocycles. The SMILES string of the molecule is C=CC(=O)Cc1ccccc1Nc1nc(Nc2ccc(N3CCN(C(C)=O)CC3)cc2OC)ncc1C. The first-order valence-corrected chi connectivity index (χ1v) is 12.2. The van der Waals surface area contributed by atoms with Crippen molar-refractivity contribution < 1.29 is 14.3 Å². The van der Waals surface area contributed by atoms with Crippen molar-refractivity contribution in [2.45, 2.75) is 20.3 Å². The van der Waals surface area contributed by atoms with Crippen LogP contribution in [0.15, 0.2) is 61.3 Å². The number of amides is 1. The highest BCUT2D eigenvalue weighted by molar-refractivity contribution is 5.92. The van der Waals surface area contributed by atoms with Crippen LogP contribution in [0.5, 0.6) is 5.75 Å². The van der Waals surface area contributed by atoms with Gasteiger partial charge in [0, 0.05) is 68.7 Å². The van der Waals surface area contributed by atoms with E-state index in [4.69, 9.17) is 4.74 Å². The molecule has 0 bridgehead atoms. The van der Waals surface area contributed by atoms with Gasteiger partial charge in [-0.1, -0.05) is 24.8 Å². The predicted molar refractivity (Wildman–Crippen MR) is 146 cm³/mol. The summed E-state index contributed by atoms with van der Waals surface area (Å²) in [6.45, 7) is 10.0. The number of ketones is 1. The molecule has 9 heteroatoms. The number of anilines is 5. The average Bonchev–Trinajstić information content (AvgIpc) is 2.91. The summed E-state index contributed by atoms with van der Waals surface area (Å²) in [5.74, 6) is 1.77. The summed E-state index contributed by atoms with van der Waals surface area (Å²) in [6.07, 6.45) is 3.33. The van der Waals surface area contributed by atoms with Crippen molar-refractivity contribution in [3.05, 3.63) is 72.4 Å². The molecule has 1 aliphatic heterocycles. The van der Waals surface area contributed by atoms with E-state index in [1.54, 1.807) is 20.2 Å². The van der Waals surface area contributed by atoms with Crippen molar-refractivity contribution in [2.75, 3.05) is 48.8 Å². The lowest BCUT2D eigenvalue weighted by molar-refractivity contribution is -0.129. The molecule has 192 valence electrons. The Morgan fingerprint density at radius 1 is 1.08 bits per heavy atom. The number of rotatable bonds is 9. The highest BCUT2D eigenvalue weighted by Crippen LogP contribution is 2.32. The number of carbonyl (C=O) groups is 2. The third-order valence-corrected chi connectivity index (χ3v) is 6.36. The molecular weight excluding hydrogens is 468 g/mol. The number of nitrogens with zero attached hydrogens (tertiary/aromatic N) is 4. The summed E-state index contributed by atoms with van der Waals surface area (Å²) in [5, 5.41) is 6.60. The molecule has 2 heterocycles. The van der Waals surface area contributed by atoms with Crippen LogP contribution in [0, 0.1) is 6.92 Å². The molecule has 0 saturated carbocycles. The second kappa shape index (κ2) is 11.6. The van der Waals surface area contributed by atoms with Crippen LogP contribution in [0.25, 0.3) is 0 Å². The van der Waals surface area contributed by atoms with Gasteiger partial charge in [0.2, 0.25) is 11.9 Å². The lowest BCUT2D eigenvalue weighted by Crippen LogP contribution is -2.48. The maximum atomic E-state index is 11.9. The number of ether oxygens (including phenoxy) is 1. The summed E-state index contributed by atoms with van der Waals surface area (Å²) in [6, 6.07) is 13.6. The average molecular weight is 501 g/mol. The number of piperazine rings is 1. The number of hydrogen-bond donors (Lipinski definition) is 2. The van der Waals surface area contributed by atoms with Crippen LogP contribution in [-0.4, -0.2) is 59.8 Å². The van der Waals surface area contributed by atoms with Crippen LogP contribution in [0.4, 0.5) is 28.8 Å². The number of hydrogen-bond acceptors (Lipinski definition) is 8. The van der Waals surface area contributed by atoms with Crippen LogP contribution >= 0.6 is 0 Å². The van der Waals surface area contributed by atoms with E-state index in [1.165, 1.54) is 6.08 Å². The second-order valence-electron chi connectivity index (χ2n) is 8.86. The second-order valence-corrected chi connectivity index (χ2v) is 8.86. The number of aryl methyl sites for hydroxylation is 1. The Labute approximate surface area is 217 Å². The van der Waals surface area contributed by atoms with Crippen molar-refractivity contribution in [1.82, 2.24) is 14.9 Å². The Morgan fingerprint density at radius 2 is 1.84 bits per heavy atom. The van der Waals surface area contributed by atoms with Crippen molar-refractivity contribution >= 4 is 40.5 Å². The van der Waals surface area contributed by atoms with Gasteiger partial charge in [-0.05, 0) is 36.8 Å². The topological polar surface area (TPSA) is 99.7 Å². The van der Waals surface area contributed by atoms with Crippen molar-refractivity contribution in [2.24, 2.45) is 0 Å². The molecule has 0 unspecified atom stereocenters. The van der Waals surface area contributed by atoms with Crippen LogP contribution in [0.3, 0.4) is 0 Å². The van der Waals surface area contributed by atoms with Crippen LogP contribution in [-0.2, 0) is 16.0 Å². The first-order chi connectivity index (χ1) is 17.9. The number of nitrogens with one attached hydrogen (secondary N) is 2. The Balaban J connectivity index is 1.51. The Kier molecular flexibility index (Phi) is 8.02. The van der Waals surface area contributed by atoms with Crippen molar-refractivity contribution in [1.29, 1.82) is 0 Å². The Morgan fingerprint density at radius 3 is 2.54 bits per heavy atom. The summed E-state index contributed by atoms with van der Waals surface area (Å²) < 4.78 is 5.66. The van der Waals surface area contributed by atoms with E-state index in [9.17, 15) is 9.59 Å². The predicted octanol–water partition coefficient (Wildman–Crippen LogP) is 4.25. The van der Waals surface area contributed by atoms with Gasteiger partial charge in [0.1, 0.15) is 11.6 Å². The molecule has 9 nitrogen and oxygen atoms in total. The molecule has 0 atom stereocenters. The fourth-order valence-electron chi connectivity index (χ4n) is 4.19. The van der Waals surface area contributed by atoms with Crippen LogP contribution < -0.4 is 20.3 Å². The van der Waals surface area contributed by atoms with E-state index in [1.807, 2.05) is 54.3 Å². The summed E-state index contributed by atoms with van der Waals surface area (Å²) in [5.41, 5.74) is 4.30. The molecule has 37 heavy (non-hydrogen) atoms. The van der Waals surface area contributed by atoms with Gasteiger partial charge in [0.05, 0.1) is 12.8 Å². The van der Waals surface area contributed by atoms with Gasteiger partial charge in [-0.25, -0.2) is 4.98 Å². The minimum atomic E-state index is -0.0488. The zero-order valence-corrected chi connectivity index (χ0v) is 21.5. The summed E-state index contributed by atoms with van der Waals surface area (Å²) in [7, 11) is 1.63. The Bertz CT molecular complexity index is 1300. The molecule has 1 aromatic heterocycles. The molecule has 1 amide bonds. The third kappa shape index (κ3) is 6.24. The smallest absolute Gasteiger partial charge is 0.229 e. The molecular formula is C28H32N6O3. The molecule has 1 aliphatic rings. The molecule has 0 radical (unpaired) electrons.